The maximum Gasteiger partial charge on any atom is 0.119 e. The minimum absolute atomic E-state index is 0.422. The molecule has 0 saturated carbocycles. The molecule has 0 fully saturated rings. The summed E-state index contributed by atoms with van der Waals surface area (Å²) in [5.74, 6) is 1.56. The number of ether oxygens (including phenoxy) is 1. The summed E-state index contributed by atoms with van der Waals surface area (Å²) < 4.78 is 5.85. The summed E-state index contributed by atoms with van der Waals surface area (Å²) in [7, 11) is 0. The highest BCUT2D eigenvalue weighted by Crippen LogP contribution is 2.14. The number of likely N-dealkylation sites (N-methyl/N-ethyl adjacent to an activating group) is 1. The molecule has 2 heteroatoms. The van der Waals surface area contributed by atoms with Crippen LogP contribution in [-0.2, 0) is 6.42 Å². The number of rotatable bonds is 8. The Morgan fingerprint density at radius 1 is 1.11 bits per heavy atom. The smallest absolute Gasteiger partial charge is 0.119 e. The summed E-state index contributed by atoms with van der Waals surface area (Å²) in [4.78, 5) is 0. The maximum atomic E-state index is 5.85. The summed E-state index contributed by atoms with van der Waals surface area (Å²) in [5, 5.41) is 3.46. The molecule has 18 heavy (non-hydrogen) atoms. The van der Waals surface area contributed by atoms with Gasteiger partial charge in [0, 0.05) is 6.04 Å². The number of hydrogen-bond donors (Lipinski definition) is 1. The monoisotopic (exact) mass is 249 g/mol. The van der Waals surface area contributed by atoms with Crippen molar-refractivity contribution < 1.29 is 4.74 Å². The lowest BCUT2D eigenvalue weighted by molar-refractivity contribution is 0.232. The van der Waals surface area contributed by atoms with E-state index in [9.17, 15) is 0 Å². The zero-order valence-electron chi connectivity index (χ0n) is 12.2. The second-order valence-electron chi connectivity index (χ2n) is 5.11. The number of hydrogen-bond acceptors (Lipinski definition) is 2. The summed E-state index contributed by atoms with van der Waals surface area (Å²) in [5.41, 5.74) is 1.39. The van der Waals surface area contributed by atoms with E-state index < -0.39 is 0 Å². The van der Waals surface area contributed by atoms with Crippen LogP contribution in [0.3, 0.4) is 0 Å². The fraction of sp³-hybridized carbons (Fsp3) is 0.625. The van der Waals surface area contributed by atoms with Gasteiger partial charge < -0.3 is 10.1 Å². The van der Waals surface area contributed by atoms with Crippen molar-refractivity contribution in [1.29, 1.82) is 0 Å². The molecule has 0 radical (unpaired) electrons. The minimum Gasteiger partial charge on any atom is -0.492 e. The Balaban J connectivity index is 2.46. The van der Waals surface area contributed by atoms with Gasteiger partial charge in [0.25, 0.3) is 0 Å². The van der Waals surface area contributed by atoms with E-state index in [1.165, 1.54) is 12.0 Å². The zero-order valence-corrected chi connectivity index (χ0v) is 12.2. The Morgan fingerprint density at radius 3 is 2.28 bits per heavy atom. The van der Waals surface area contributed by atoms with E-state index in [0.717, 1.165) is 25.3 Å². The van der Waals surface area contributed by atoms with E-state index in [4.69, 9.17) is 4.74 Å². The average Bonchev–Trinajstić information content (AvgIpc) is 2.36. The Bertz CT molecular complexity index is 318. The fourth-order valence-electron chi connectivity index (χ4n) is 1.98. The molecule has 1 rings (SSSR count). The van der Waals surface area contributed by atoms with Gasteiger partial charge in [0.15, 0.2) is 0 Å². The first kappa shape index (κ1) is 15.0. The van der Waals surface area contributed by atoms with E-state index in [1.807, 2.05) is 0 Å². The quantitative estimate of drug-likeness (QED) is 0.759. The van der Waals surface area contributed by atoms with Crippen molar-refractivity contribution in [3.63, 3.8) is 0 Å². The topological polar surface area (TPSA) is 21.3 Å². The predicted octanol–water partition coefficient (Wildman–Crippen LogP) is 3.65. The highest BCUT2D eigenvalue weighted by atomic mass is 16.5. The lowest BCUT2D eigenvalue weighted by Crippen LogP contribution is -2.38. The Labute approximate surface area is 112 Å². The normalized spacial score (nSPS) is 12.7. The molecule has 1 N–H and O–H groups in total. The standard InChI is InChI=1S/C16H27NO/c1-5-7-14-8-10-15(11-9-14)18-12-16(13(3)4)17-6-2/h8-11,13,16-17H,5-7,12H2,1-4H3. The van der Waals surface area contributed by atoms with E-state index in [0.29, 0.717) is 12.0 Å². The van der Waals surface area contributed by atoms with Crippen molar-refractivity contribution in [3.8, 4) is 5.75 Å². The zero-order chi connectivity index (χ0) is 13.4. The second kappa shape index (κ2) is 8.15. The molecule has 0 aliphatic heterocycles. The van der Waals surface area contributed by atoms with Gasteiger partial charge in [0.05, 0.1) is 0 Å². The maximum absolute atomic E-state index is 5.85. The summed E-state index contributed by atoms with van der Waals surface area (Å²) >= 11 is 0. The van der Waals surface area contributed by atoms with Crippen LogP contribution < -0.4 is 10.1 Å². The summed E-state index contributed by atoms with van der Waals surface area (Å²) in [6.45, 7) is 10.5. The molecule has 0 saturated heterocycles. The number of benzene rings is 1. The van der Waals surface area contributed by atoms with Gasteiger partial charge in [0.1, 0.15) is 12.4 Å². The molecule has 0 aliphatic carbocycles. The number of aryl methyl sites for hydroxylation is 1. The van der Waals surface area contributed by atoms with E-state index in [-0.39, 0.29) is 0 Å². The van der Waals surface area contributed by atoms with Gasteiger partial charge in [-0.1, -0.05) is 46.2 Å². The lowest BCUT2D eigenvalue weighted by atomic mass is 10.1. The summed E-state index contributed by atoms with van der Waals surface area (Å²) in [6, 6.07) is 8.90. The third kappa shape index (κ3) is 5.09. The van der Waals surface area contributed by atoms with Crippen molar-refractivity contribution in [2.75, 3.05) is 13.2 Å². The molecule has 1 unspecified atom stereocenters. The highest BCUT2D eigenvalue weighted by molar-refractivity contribution is 5.27. The first-order valence-corrected chi connectivity index (χ1v) is 7.12. The molecular formula is C16H27NO. The highest BCUT2D eigenvalue weighted by Gasteiger charge is 2.12. The van der Waals surface area contributed by atoms with Gasteiger partial charge >= 0.3 is 0 Å². The molecule has 1 atom stereocenters. The van der Waals surface area contributed by atoms with Crippen LogP contribution in [0.5, 0.6) is 5.75 Å². The van der Waals surface area contributed by atoms with Crippen LogP contribution in [-0.4, -0.2) is 19.2 Å². The van der Waals surface area contributed by atoms with Crippen LogP contribution in [0.2, 0.25) is 0 Å². The summed E-state index contributed by atoms with van der Waals surface area (Å²) in [6.07, 6.45) is 2.34. The second-order valence-corrected chi connectivity index (χ2v) is 5.11. The molecule has 1 aromatic carbocycles. The molecule has 0 aromatic heterocycles. The van der Waals surface area contributed by atoms with E-state index in [1.54, 1.807) is 0 Å². The van der Waals surface area contributed by atoms with Crippen LogP contribution in [0.4, 0.5) is 0 Å². The van der Waals surface area contributed by atoms with Gasteiger partial charge in [-0.3, -0.25) is 0 Å². The van der Waals surface area contributed by atoms with Crippen LogP contribution in [0.1, 0.15) is 39.7 Å². The molecule has 1 aromatic rings. The van der Waals surface area contributed by atoms with Crippen molar-refractivity contribution in [3.05, 3.63) is 29.8 Å². The minimum atomic E-state index is 0.422. The molecule has 0 heterocycles. The SMILES string of the molecule is CCCc1ccc(OCC(NCC)C(C)C)cc1. The van der Waals surface area contributed by atoms with Crippen molar-refractivity contribution in [2.45, 2.75) is 46.6 Å². The van der Waals surface area contributed by atoms with Crippen molar-refractivity contribution >= 4 is 0 Å². The molecule has 0 bridgehead atoms. The first-order chi connectivity index (χ1) is 8.67. The van der Waals surface area contributed by atoms with Crippen LogP contribution in [0.25, 0.3) is 0 Å². The van der Waals surface area contributed by atoms with E-state index in [2.05, 4.69) is 57.3 Å². The average molecular weight is 249 g/mol. The molecular weight excluding hydrogens is 222 g/mol. The molecule has 0 aliphatic rings. The molecule has 0 spiro atoms. The van der Waals surface area contributed by atoms with Gasteiger partial charge in [-0.25, -0.2) is 0 Å². The van der Waals surface area contributed by atoms with Gasteiger partial charge in [-0.05, 0) is 36.6 Å². The Morgan fingerprint density at radius 2 is 1.78 bits per heavy atom. The molecule has 102 valence electrons. The fourth-order valence-corrected chi connectivity index (χ4v) is 1.98. The first-order valence-electron chi connectivity index (χ1n) is 7.12. The third-order valence-electron chi connectivity index (χ3n) is 3.16. The lowest BCUT2D eigenvalue weighted by Gasteiger charge is -2.22. The Kier molecular flexibility index (Phi) is 6.81. The van der Waals surface area contributed by atoms with Gasteiger partial charge in [0.2, 0.25) is 0 Å². The Hall–Kier alpha value is -1.02. The predicted molar refractivity (Wildman–Crippen MR) is 78.2 cm³/mol. The van der Waals surface area contributed by atoms with Crippen LogP contribution in [0.15, 0.2) is 24.3 Å². The van der Waals surface area contributed by atoms with Crippen LogP contribution in [0, 0.1) is 5.92 Å². The van der Waals surface area contributed by atoms with Gasteiger partial charge in [-0.2, -0.15) is 0 Å². The molecule has 0 amide bonds. The van der Waals surface area contributed by atoms with Crippen molar-refractivity contribution in [2.24, 2.45) is 5.92 Å². The largest absolute Gasteiger partial charge is 0.492 e. The van der Waals surface area contributed by atoms with E-state index >= 15 is 0 Å². The third-order valence-corrected chi connectivity index (χ3v) is 3.16. The number of nitrogens with one attached hydrogen (secondary N) is 1. The van der Waals surface area contributed by atoms with Crippen molar-refractivity contribution in [1.82, 2.24) is 5.32 Å². The van der Waals surface area contributed by atoms with Crippen LogP contribution >= 0.6 is 0 Å². The van der Waals surface area contributed by atoms with Gasteiger partial charge in [-0.15, -0.1) is 0 Å². The molecule has 2 nitrogen and oxygen atoms in total.